The Morgan fingerprint density at radius 2 is 1.37 bits per heavy atom. The number of carboxylic acids is 1. The van der Waals surface area contributed by atoms with E-state index < -0.39 is 39.7 Å². The number of aliphatic carboxylic acids is 1. The molecule has 1 unspecified atom stereocenters. The maximum Gasteiger partial charge on any atom is 0.416 e. The van der Waals surface area contributed by atoms with Gasteiger partial charge in [-0.05, 0) is 65.9 Å². The molecule has 254 valence electrons. The lowest BCUT2D eigenvalue weighted by molar-refractivity contribution is -0.142. The van der Waals surface area contributed by atoms with Crippen LogP contribution in [-0.2, 0) is 27.4 Å². The molecular formula is C36H32F3N3O6S. The molecule has 0 fully saturated rings. The minimum atomic E-state index is -4.48. The second-order valence-electron chi connectivity index (χ2n) is 11.3. The summed E-state index contributed by atoms with van der Waals surface area (Å²) in [6, 6.07) is 26.0. The molecule has 0 spiro atoms. The lowest BCUT2D eigenvalue weighted by Gasteiger charge is -2.29. The van der Waals surface area contributed by atoms with Crippen LogP contribution in [-0.4, -0.2) is 54.6 Å². The fourth-order valence-corrected chi connectivity index (χ4v) is 6.82. The summed E-state index contributed by atoms with van der Waals surface area (Å²) in [4.78, 5) is 27.6. The molecule has 4 aromatic carbocycles. The van der Waals surface area contributed by atoms with E-state index in [2.05, 4.69) is 9.88 Å². The maximum absolute atomic E-state index is 14.0. The van der Waals surface area contributed by atoms with Crippen LogP contribution in [0.4, 0.5) is 13.2 Å². The first-order chi connectivity index (χ1) is 23.2. The highest BCUT2D eigenvalue weighted by Crippen LogP contribution is 2.31. The number of halogens is 3. The van der Waals surface area contributed by atoms with E-state index in [4.69, 9.17) is 4.52 Å². The molecule has 5 rings (SSSR count). The van der Waals surface area contributed by atoms with Crippen LogP contribution in [0.1, 0.15) is 32.9 Å². The van der Waals surface area contributed by atoms with Gasteiger partial charge in [0, 0.05) is 25.1 Å². The van der Waals surface area contributed by atoms with Crippen molar-refractivity contribution in [2.45, 2.75) is 37.4 Å². The second-order valence-corrected chi connectivity index (χ2v) is 13.0. The molecule has 49 heavy (non-hydrogen) atoms. The van der Waals surface area contributed by atoms with Crippen molar-refractivity contribution in [3.63, 3.8) is 0 Å². The first-order valence-corrected chi connectivity index (χ1v) is 16.6. The van der Waals surface area contributed by atoms with Gasteiger partial charge in [0.05, 0.1) is 5.56 Å². The minimum absolute atomic E-state index is 0.0730. The van der Waals surface area contributed by atoms with Crippen molar-refractivity contribution in [1.29, 1.82) is 0 Å². The zero-order chi connectivity index (χ0) is 35.3. The van der Waals surface area contributed by atoms with Gasteiger partial charge in [-0.25, -0.2) is 17.9 Å². The van der Waals surface area contributed by atoms with Crippen LogP contribution in [0.5, 0.6) is 0 Å². The van der Waals surface area contributed by atoms with E-state index >= 15 is 0 Å². The van der Waals surface area contributed by atoms with Gasteiger partial charge in [0.25, 0.3) is 5.91 Å². The number of nitrogens with one attached hydrogen (secondary N) is 1. The zero-order valence-corrected chi connectivity index (χ0v) is 27.3. The van der Waals surface area contributed by atoms with Crippen LogP contribution in [0.2, 0.25) is 0 Å². The predicted octanol–water partition coefficient (Wildman–Crippen LogP) is 6.76. The van der Waals surface area contributed by atoms with Crippen LogP contribution in [0.3, 0.4) is 0 Å². The summed E-state index contributed by atoms with van der Waals surface area (Å²) in [5, 5.41) is 14.0. The van der Waals surface area contributed by atoms with Crippen molar-refractivity contribution >= 4 is 21.9 Å². The van der Waals surface area contributed by atoms with Crippen LogP contribution in [0.15, 0.2) is 113 Å². The van der Waals surface area contributed by atoms with Crippen LogP contribution < -0.4 is 4.72 Å². The van der Waals surface area contributed by atoms with E-state index in [1.165, 1.54) is 38.1 Å². The van der Waals surface area contributed by atoms with E-state index in [-0.39, 0.29) is 41.4 Å². The molecule has 5 aromatic rings. The number of benzene rings is 4. The second kappa shape index (κ2) is 14.5. The van der Waals surface area contributed by atoms with E-state index in [0.29, 0.717) is 16.7 Å². The van der Waals surface area contributed by atoms with Crippen molar-refractivity contribution in [2.24, 2.45) is 0 Å². The van der Waals surface area contributed by atoms with Gasteiger partial charge in [-0.2, -0.15) is 13.2 Å². The summed E-state index contributed by atoms with van der Waals surface area (Å²) in [6.45, 7) is 2.29. The van der Waals surface area contributed by atoms with E-state index in [1.54, 1.807) is 24.3 Å². The highest BCUT2D eigenvalue weighted by molar-refractivity contribution is 7.89. The third-order valence-corrected chi connectivity index (χ3v) is 9.68. The van der Waals surface area contributed by atoms with Crippen LogP contribution in [0, 0.1) is 13.8 Å². The Morgan fingerprint density at radius 3 is 1.88 bits per heavy atom. The largest absolute Gasteiger partial charge is 0.480 e. The smallest absolute Gasteiger partial charge is 0.416 e. The number of aryl methyl sites for hydroxylation is 2. The van der Waals surface area contributed by atoms with E-state index in [0.717, 1.165) is 28.2 Å². The van der Waals surface area contributed by atoms with Crippen molar-refractivity contribution < 1.29 is 40.8 Å². The van der Waals surface area contributed by atoms with Crippen molar-refractivity contribution in [1.82, 2.24) is 14.8 Å². The Morgan fingerprint density at radius 1 is 0.837 bits per heavy atom. The van der Waals surface area contributed by atoms with Crippen LogP contribution in [0.25, 0.3) is 22.3 Å². The molecule has 13 heteroatoms. The van der Waals surface area contributed by atoms with Gasteiger partial charge < -0.3 is 14.5 Å². The summed E-state index contributed by atoms with van der Waals surface area (Å²) in [7, 11) is -4.11. The molecule has 1 heterocycles. The topological polar surface area (TPSA) is 130 Å². The summed E-state index contributed by atoms with van der Waals surface area (Å²) >= 11 is 0. The van der Waals surface area contributed by atoms with Crippen molar-refractivity contribution in [3.8, 4) is 22.3 Å². The normalized spacial score (nSPS) is 12.4. The third kappa shape index (κ3) is 8.24. The highest BCUT2D eigenvalue weighted by atomic mass is 32.2. The average Bonchev–Trinajstić information content (AvgIpc) is 3.44. The number of rotatable bonds is 12. The summed E-state index contributed by atoms with van der Waals surface area (Å²) < 4.78 is 72.6. The molecule has 0 saturated heterocycles. The molecule has 0 aliphatic carbocycles. The number of carboxylic acid groups (broad SMARTS) is 1. The first-order valence-electron chi connectivity index (χ1n) is 15.1. The SMILES string of the molecule is Cc1noc(C)c1S(=O)(=O)NCCN(C(=O)c1ccc(-c2ccc(C(F)(F)F)cc2)cc1)C(Cc1ccc(-c2ccccc2)cc1)C(=O)O. The van der Waals surface area contributed by atoms with E-state index in [9.17, 15) is 36.3 Å². The Balaban J connectivity index is 1.41. The lowest BCUT2D eigenvalue weighted by Crippen LogP contribution is -2.49. The molecule has 0 aliphatic heterocycles. The number of nitrogens with zero attached hydrogens (tertiary/aromatic N) is 2. The first kappa shape index (κ1) is 35.0. The predicted molar refractivity (Wildman–Crippen MR) is 176 cm³/mol. The van der Waals surface area contributed by atoms with Gasteiger partial charge in [-0.15, -0.1) is 0 Å². The molecule has 0 bridgehead atoms. The molecular weight excluding hydrogens is 659 g/mol. The number of hydrogen-bond acceptors (Lipinski definition) is 6. The maximum atomic E-state index is 14.0. The Bertz CT molecular complexity index is 2010. The van der Waals surface area contributed by atoms with Gasteiger partial charge in [0.2, 0.25) is 10.0 Å². The zero-order valence-electron chi connectivity index (χ0n) is 26.4. The fourth-order valence-electron chi connectivity index (χ4n) is 5.47. The number of aromatic nitrogens is 1. The Hall–Kier alpha value is -5.27. The van der Waals surface area contributed by atoms with Gasteiger partial charge in [0.15, 0.2) is 5.76 Å². The quantitative estimate of drug-likeness (QED) is 0.148. The number of amides is 1. The molecule has 1 aromatic heterocycles. The number of carbonyl (C=O) groups is 2. The minimum Gasteiger partial charge on any atom is -0.480 e. The summed E-state index contributed by atoms with van der Waals surface area (Å²) in [6.07, 6.45) is -4.56. The summed E-state index contributed by atoms with van der Waals surface area (Å²) in [5.41, 5.74) is 3.02. The van der Waals surface area contributed by atoms with Gasteiger partial charge in [0.1, 0.15) is 16.6 Å². The molecule has 9 nitrogen and oxygen atoms in total. The molecule has 2 N–H and O–H groups in total. The van der Waals surface area contributed by atoms with Gasteiger partial charge in [-0.1, -0.05) is 84.0 Å². The lowest BCUT2D eigenvalue weighted by atomic mass is 9.99. The average molecular weight is 692 g/mol. The molecule has 0 radical (unpaired) electrons. The van der Waals surface area contributed by atoms with Crippen LogP contribution >= 0.6 is 0 Å². The Kier molecular flexibility index (Phi) is 10.3. The number of sulfonamides is 1. The van der Waals surface area contributed by atoms with Crippen molar-refractivity contribution in [3.05, 3.63) is 131 Å². The van der Waals surface area contributed by atoms with E-state index in [1.807, 2.05) is 42.5 Å². The monoisotopic (exact) mass is 691 g/mol. The van der Waals surface area contributed by atoms with Crippen molar-refractivity contribution in [2.75, 3.05) is 13.1 Å². The molecule has 1 amide bonds. The molecule has 0 aliphatic rings. The molecule has 0 saturated carbocycles. The van der Waals surface area contributed by atoms with Gasteiger partial charge in [-0.3, -0.25) is 4.79 Å². The summed E-state index contributed by atoms with van der Waals surface area (Å²) in [5.74, 6) is -1.90. The third-order valence-electron chi connectivity index (χ3n) is 7.97. The number of carbonyl (C=O) groups excluding carboxylic acids is 1. The number of hydrogen-bond donors (Lipinski definition) is 2. The highest BCUT2D eigenvalue weighted by Gasteiger charge is 2.32. The Labute approximate surface area is 281 Å². The molecule has 1 atom stereocenters. The number of alkyl halides is 3. The fraction of sp³-hybridized carbons (Fsp3) is 0.194. The van der Waals surface area contributed by atoms with Gasteiger partial charge >= 0.3 is 12.1 Å². The standard InChI is InChI=1S/C36H32F3N3O6S/c1-23-33(24(2)48-41-23)49(46,47)40-20-21-42(32(35(44)45)22-25-8-10-27(11-9-25)26-6-4-3-5-7-26)34(43)30-14-12-28(13-15-30)29-16-18-31(19-17-29)36(37,38)39/h3-19,32,40H,20-22H2,1-2H3,(H,44,45).